The van der Waals surface area contributed by atoms with Crippen LogP contribution in [-0.2, 0) is 11.2 Å². The molecule has 7 nitrogen and oxygen atoms in total. The van der Waals surface area contributed by atoms with E-state index >= 15 is 0 Å². The van der Waals surface area contributed by atoms with E-state index in [0.29, 0.717) is 30.6 Å². The van der Waals surface area contributed by atoms with Gasteiger partial charge in [0.1, 0.15) is 5.82 Å². The number of H-pyrrole nitrogens is 1. The van der Waals surface area contributed by atoms with Gasteiger partial charge in [-0.05, 0) is 36.6 Å². The Kier molecular flexibility index (Phi) is 5.00. The molecule has 2 aromatic carbocycles. The molecule has 1 saturated heterocycles. The number of aromatic amines is 1. The molecule has 1 aliphatic carbocycles. The van der Waals surface area contributed by atoms with Gasteiger partial charge in [0.15, 0.2) is 0 Å². The summed E-state index contributed by atoms with van der Waals surface area (Å²) in [5, 5.41) is 7.92. The predicted molar refractivity (Wildman–Crippen MR) is 117 cm³/mol. The number of likely N-dealkylation sites (N-methyl/N-ethyl adjacent to an activating group) is 1. The Morgan fingerprint density at radius 1 is 1.16 bits per heavy atom. The fourth-order valence-corrected chi connectivity index (χ4v) is 4.18. The lowest BCUT2D eigenvalue weighted by atomic mass is 10.00. The SMILES string of the molecule is CN(C(=O)C1CC1)C1CN(C(=O)c2cc(Cc3n[nH]c(=O)c4ccccc34)ccc2F)C1. The van der Waals surface area contributed by atoms with Gasteiger partial charge in [0.05, 0.1) is 22.7 Å². The molecule has 0 unspecified atom stereocenters. The minimum Gasteiger partial charge on any atom is -0.339 e. The van der Waals surface area contributed by atoms with Crippen LogP contribution in [0, 0.1) is 11.7 Å². The van der Waals surface area contributed by atoms with Gasteiger partial charge in [-0.25, -0.2) is 9.49 Å². The van der Waals surface area contributed by atoms with E-state index < -0.39 is 5.82 Å². The number of nitrogens with zero attached hydrogens (tertiary/aromatic N) is 3. The third-order valence-corrected chi connectivity index (χ3v) is 6.38. The first kappa shape index (κ1) is 20.4. The van der Waals surface area contributed by atoms with Gasteiger partial charge in [0.2, 0.25) is 5.91 Å². The zero-order valence-corrected chi connectivity index (χ0v) is 17.7. The van der Waals surface area contributed by atoms with E-state index in [9.17, 15) is 18.8 Å². The van der Waals surface area contributed by atoms with Crippen LogP contribution in [0.1, 0.15) is 34.5 Å². The van der Waals surface area contributed by atoms with Gasteiger partial charge in [-0.3, -0.25) is 14.4 Å². The van der Waals surface area contributed by atoms with Crippen molar-refractivity contribution < 1.29 is 14.0 Å². The number of hydrogen-bond acceptors (Lipinski definition) is 4. The molecule has 0 radical (unpaired) electrons. The second-order valence-corrected chi connectivity index (χ2v) is 8.62. The van der Waals surface area contributed by atoms with Crippen LogP contribution in [0.15, 0.2) is 47.3 Å². The van der Waals surface area contributed by atoms with Crippen LogP contribution < -0.4 is 5.56 Å². The molecule has 2 amide bonds. The Morgan fingerprint density at radius 3 is 2.59 bits per heavy atom. The number of halogens is 1. The molecule has 0 atom stereocenters. The second kappa shape index (κ2) is 7.85. The summed E-state index contributed by atoms with van der Waals surface area (Å²) in [7, 11) is 1.77. The topological polar surface area (TPSA) is 86.4 Å². The largest absolute Gasteiger partial charge is 0.339 e. The molecule has 32 heavy (non-hydrogen) atoms. The Bertz CT molecular complexity index is 1280. The maximum atomic E-state index is 14.5. The van der Waals surface area contributed by atoms with Crippen molar-refractivity contribution in [1.29, 1.82) is 0 Å². The molecule has 3 aromatic rings. The van der Waals surface area contributed by atoms with Crippen LogP contribution in [0.3, 0.4) is 0 Å². The zero-order chi connectivity index (χ0) is 22.4. The number of hydrogen-bond donors (Lipinski definition) is 1. The first-order valence-electron chi connectivity index (χ1n) is 10.7. The van der Waals surface area contributed by atoms with E-state index in [1.807, 2.05) is 12.1 Å². The van der Waals surface area contributed by atoms with Gasteiger partial charge in [0.25, 0.3) is 11.5 Å². The van der Waals surface area contributed by atoms with E-state index in [1.54, 1.807) is 41.1 Å². The Labute approximate surface area is 183 Å². The molecule has 2 fully saturated rings. The van der Waals surface area contributed by atoms with Crippen molar-refractivity contribution in [2.45, 2.75) is 25.3 Å². The van der Waals surface area contributed by atoms with Gasteiger partial charge in [-0.1, -0.05) is 24.3 Å². The number of aromatic nitrogens is 2. The number of carbonyl (C=O) groups is 2. The number of amides is 2. The number of carbonyl (C=O) groups excluding carboxylic acids is 2. The molecule has 5 rings (SSSR count). The first-order valence-corrected chi connectivity index (χ1v) is 10.7. The summed E-state index contributed by atoms with van der Waals surface area (Å²) in [4.78, 5) is 40.4. The molecule has 1 aliphatic heterocycles. The summed E-state index contributed by atoms with van der Waals surface area (Å²) >= 11 is 0. The molecule has 2 heterocycles. The van der Waals surface area contributed by atoms with Crippen LogP contribution in [-0.4, -0.2) is 58.0 Å². The smallest absolute Gasteiger partial charge is 0.272 e. The normalized spacial score (nSPS) is 16.1. The van der Waals surface area contributed by atoms with Crippen LogP contribution in [0.5, 0.6) is 0 Å². The average molecular weight is 434 g/mol. The van der Waals surface area contributed by atoms with E-state index in [4.69, 9.17) is 0 Å². The maximum absolute atomic E-state index is 14.5. The van der Waals surface area contributed by atoms with E-state index in [0.717, 1.165) is 23.8 Å². The van der Waals surface area contributed by atoms with Gasteiger partial charge in [-0.2, -0.15) is 5.10 Å². The Balaban J connectivity index is 1.33. The molecule has 0 bridgehead atoms. The summed E-state index contributed by atoms with van der Waals surface area (Å²) in [6.07, 6.45) is 2.23. The lowest BCUT2D eigenvalue weighted by Crippen LogP contribution is -2.61. The summed E-state index contributed by atoms with van der Waals surface area (Å²) in [5.74, 6) is -0.691. The summed E-state index contributed by atoms with van der Waals surface area (Å²) in [6.45, 7) is 0.813. The van der Waals surface area contributed by atoms with Crippen molar-refractivity contribution in [3.63, 3.8) is 0 Å². The number of benzene rings is 2. The van der Waals surface area contributed by atoms with Gasteiger partial charge >= 0.3 is 0 Å². The highest BCUT2D eigenvalue weighted by atomic mass is 19.1. The number of nitrogens with one attached hydrogen (secondary N) is 1. The van der Waals surface area contributed by atoms with Crippen molar-refractivity contribution in [2.24, 2.45) is 5.92 Å². The van der Waals surface area contributed by atoms with Gasteiger partial charge < -0.3 is 9.80 Å². The van der Waals surface area contributed by atoms with Crippen molar-refractivity contribution in [3.05, 3.63) is 75.5 Å². The average Bonchev–Trinajstić information content (AvgIpc) is 3.61. The summed E-state index contributed by atoms with van der Waals surface area (Å²) < 4.78 is 14.5. The molecular formula is C24H23FN4O3. The maximum Gasteiger partial charge on any atom is 0.272 e. The van der Waals surface area contributed by atoms with Gasteiger partial charge in [-0.15, -0.1) is 0 Å². The van der Waals surface area contributed by atoms with E-state index in [2.05, 4.69) is 10.2 Å². The third-order valence-electron chi connectivity index (χ3n) is 6.38. The molecule has 1 saturated carbocycles. The second-order valence-electron chi connectivity index (χ2n) is 8.62. The minimum atomic E-state index is -0.580. The predicted octanol–water partition coefficient (Wildman–Crippen LogP) is 2.35. The van der Waals surface area contributed by atoms with Crippen molar-refractivity contribution in [3.8, 4) is 0 Å². The highest BCUT2D eigenvalue weighted by molar-refractivity contribution is 5.95. The standard InChI is InChI=1S/C24H23FN4O3/c1-28(23(31)15-7-8-15)16-12-29(13-16)24(32)19-10-14(6-9-20(19)25)11-21-17-4-2-3-5-18(17)22(30)27-26-21/h2-6,9-10,15-16H,7-8,11-13H2,1H3,(H,27,30). The molecule has 1 N–H and O–H groups in total. The van der Waals surface area contributed by atoms with Crippen molar-refractivity contribution >= 4 is 22.6 Å². The van der Waals surface area contributed by atoms with Crippen LogP contribution in [0.4, 0.5) is 4.39 Å². The van der Waals surface area contributed by atoms with Crippen molar-refractivity contribution in [1.82, 2.24) is 20.0 Å². The highest BCUT2D eigenvalue weighted by Gasteiger charge is 2.40. The van der Waals surface area contributed by atoms with Crippen LogP contribution >= 0.6 is 0 Å². The highest BCUT2D eigenvalue weighted by Crippen LogP contribution is 2.32. The quantitative estimate of drug-likeness (QED) is 0.668. The zero-order valence-electron chi connectivity index (χ0n) is 17.7. The Morgan fingerprint density at radius 2 is 1.88 bits per heavy atom. The fourth-order valence-electron chi connectivity index (χ4n) is 4.18. The molecule has 164 valence electrons. The third kappa shape index (κ3) is 3.66. The molecule has 2 aliphatic rings. The fraction of sp³-hybridized carbons (Fsp3) is 0.333. The number of fused-ring (bicyclic) bond motifs is 1. The lowest BCUT2D eigenvalue weighted by molar-refractivity contribution is -0.135. The minimum absolute atomic E-state index is 0.00542. The van der Waals surface area contributed by atoms with Crippen LogP contribution in [0.25, 0.3) is 10.8 Å². The molecular weight excluding hydrogens is 411 g/mol. The van der Waals surface area contributed by atoms with E-state index in [1.165, 1.54) is 6.07 Å². The molecule has 0 spiro atoms. The lowest BCUT2D eigenvalue weighted by Gasteiger charge is -2.44. The van der Waals surface area contributed by atoms with E-state index in [-0.39, 0.29) is 34.9 Å². The number of likely N-dealkylation sites (tertiary alicyclic amines) is 1. The Hall–Kier alpha value is -3.55. The molecule has 8 heteroatoms. The van der Waals surface area contributed by atoms with Crippen LogP contribution in [0.2, 0.25) is 0 Å². The summed E-state index contributed by atoms with van der Waals surface area (Å²) in [5.41, 5.74) is 1.11. The monoisotopic (exact) mass is 434 g/mol. The number of rotatable bonds is 5. The molecule has 1 aromatic heterocycles. The van der Waals surface area contributed by atoms with Gasteiger partial charge in [0, 0.05) is 37.9 Å². The van der Waals surface area contributed by atoms with Crippen molar-refractivity contribution in [2.75, 3.05) is 20.1 Å². The first-order chi connectivity index (χ1) is 15.4. The summed E-state index contributed by atoms with van der Waals surface area (Å²) in [6, 6.07) is 11.6.